The molecule has 0 bridgehead atoms. The third-order valence-corrected chi connectivity index (χ3v) is 3.38. The molecule has 18 heavy (non-hydrogen) atoms. The second-order valence-corrected chi connectivity index (χ2v) is 4.93. The Bertz CT molecular complexity index is 601. The Labute approximate surface area is 118 Å². The van der Waals surface area contributed by atoms with E-state index in [1.54, 1.807) is 24.3 Å². The molecule has 0 atom stereocenters. The number of nitrogens with two attached hydrogens (primary N) is 1. The lowest BCUT2D eigenvalue weighted by atomic mass is 10.2. The standard InChI is InChI=1S/C13H10BrClN2O/c14-10-3-1-2-4-12(10)17-13(18)9-7-8(16)5-6-11(9)15/h1-7H,16H2,(H,17,18). The lowest BCUT2D eigenvalue weighted by Crippen LogP contribution is -2.13. The van der Waals surface area contributed by atoms with E-state index in [9.17, 15) is 4.79 Å². The van der Waals surface area contributed by atoms with Crippen molar-refractivity contribution < 1.29 is 4.79 Å². The van der Waals surface area contributed by atoms with Crippen molar-refractivity contribution >= 4 is 44.8 Å². The van der Waals surface area contributed by atoms with E-state index in [2.05, 4.69) is 21.2 Å². The quantitative estimate of drug-likeness (QED) is 0.822. The van der Waals surface area contributed by atoms with Gasteiger partial charge in [-0.2, -0.15) is 0 Å². The molecular formula is C13H10BrClN2O. The Balaban J connectivity index is 2.28. The summed E-state index contributed by atoms with van der Waals surface area (Å²) in [6, 6.07) is 12.1. The average Bonchev–Trinajstić information content (AvgIpc) is 2.35. The molecule has 2 aromatic carbocycles. The van der Waals surface area contributed by atoms with E-state index < -0.39 is 0 Å². The minimum atomic E-state index is -0.292. The van der Waals surface area contributed by atoms with Crippen LogP contribution in [0.4, 0.5) is 11.4 Å². The summed E-state index contributed by atoms with van der Waals surface area (Å²) in [7, 11) is 0. The Kier molecular flexibility index (Phi) is 3.89. The zero-order valence-electron chi connectivity index (χ0n) is 9.28. The van der Waals surface area contributed by atoms with Crippen LogP contribution >= 0.6 is 27.5 Å². The number of nitrogens with one attached hydrogen (secondary N) is 1. The highest BCUT2D eigenvalue weighted by molar-refractivity contribution is 9.10. The van der Waals surface area contributed by atoms with Gasteiger partial charge in [0.05, 0.1) is 16.3 Å². The molecule has 2 rings (SSSR count). The molecule has 0 aliphatic carbocycles. The van der Waals surface area contributed by atoms with Gasteiger partial charge >= 0.3 is 0 Å². The van der Waals surface area contributed by atoms with Crippen LogP contribution in [0.2, 0.25) is 5.02 Å². The first-order chi connectivity index (χ1) is 8.58. The Morgan fingerprint density at radius 3 is 2.67 bits per heavy atom. The fourth-order valence-corrected chi connectivity index (χ4v) is 2.06. The summed E-state index contributed by atoms with van der Waals surface area (Å²) in [5.41, 5.74) is 7.17. The molecule has 0 saturated heterocycles. The largest absolute Gasteiger partial charge is 0.399 e. The van der Waals surface area contributed by atoms with Gasteiger partial charge < -0.3 is 11.1 Å². The second kappa shape index (κ2) is 5.42. The summed E-state index contributed by atoms with van der Waals surface area (Å²) in [4.78, 5) is 12.1. The third kappa shape index (κ3) is 2.83. The van der Waals surface area contributed by atoms with Crippen molar-refractivity contribution in [3.63, 3.8) is 0 Å². The van der Waals surface area contributed by atoms with Gasteiger partial charge in [0.25, 0.3) is 5.91 Å². The molecular weight excluding hydrogens is 316 g/mol. The zero-order chi connectivity index (χ0) is 13.1. The third-order valence-electron chi connectivity index (χ3n) is 2.36. The maximum atomic E-state index is 12.1. The van der Waals surface area contributed by atoms with Crippen LogP contribution in [0.25, 0.3) is 0 Å². The number of para-hydroxylation sites is 1. The predicted octanol–water partition coefficient (Wildman–Crippen LogP) is 3.94. The fourth-order valence-electron chi connectivity index (χ4n) is 1.47. The SMILES string of the molecule is Nc1ccc(Cl)c(C(=O)Nc2ccccc2Br)c1. The molecule has 3 N–H and O–H groups in total. The minimum absolute atomic E-state index is 0.292. The van der Waals surface area contributed by atoms with Crippen LogP contribution in [0, 0.1) is 0 Å². The zero-order valence-corrected chi connectivity index (χ0v) is 11.6. The molecule has 3 nitrogen and oxygen atoms in total. The molecule has 0 unspecified atom stereocenters. The first-order valence-electron chi connectivity index (χ1n) is 5.19. The van der Waals surface area contributed by atoms with Crippen LogP contribution in [0.1, 0.15) is 10.4 Å². The smallest absolute Gasteiger partial charge is 0.257 e. The van der Waals surface area contributed by atoms with Crippen molar-refractivity contribution in [2.45, 2.75) is 0 Å². The van der Waals surface area contributed by atoms with Crippen molar-refractivity contribution in [1.82, 2.24) is 0 Å². The van der Waals surface area contributed by atoms with Crippen LogP contribution in [-0.4, -0.2) is 5.91 Å². The molecule has 0 aliphatic rings. The molecule has 2 aromatic rings. The van der Waals surface area contributed by atoms with Gasteiger partial charge in [-0.15, -0.1) is 0 Å². The molecule has 0 aromatic heterocycles. The first-order valence-corrected chi connectivity index (χ1v) is 6.36. The molecule has 5 heteroatoms. The molecule has 0 heterocycles. The summed E-state index contributed by atoms with van der Waals surface area (Å²) >= 11 is 9.33. The molecule has 0 spiro atoms. The number of anilines is 2. The number of nitrogen functional groups attached to an aromatic ring is 1. The van der Waals surface area contributed by atoms with E-state index >= 15 is 0 Å². The van der Waals surface area contributed by atoms with Gasteiger partial charge in [0.15, 0.2) is 0 Å². The van der Waals surface area contributed by atoms with Crippen LogP contribution in [-0.2, 0) is 0 Å². The van der Waals surface area contributed by atoms with Crippen LogP contribution in [0.5, 0.6) is 0 Å². The second-order valence-electron chi connectivity index (χ2n) is 3.67. The van der Waals surface area contributed by atoms with Gasteiger partial charge in [-0.1, -0.05) is 23.7 Å². The van der Waals surface area contributed by atoms with Gasteiger partial charge in [-0.05, 0) is 46.3 Å². The highest BCUT2D eigenvalue weighted by atomic mass is 79.9. The van der Waals surface area contributed by atoms with E-state index in [0.29, 0.717) is 22.0 Å². The summed E-state index contributed by atoms with van der Waals surface area (Å²) in [5.74, 6) is -0.292. The lowest BCUT2D eigenvalue weighted by Gasteiger charge is -2.08. The van der Waals surface area contributed by atoms with Gasteiger partial charge in [-0.3, -0.25) is 4.79 Å². The number of benzene rings is 2. The van der Waals surface area contributed by atoms with Crippen molar-refractivity contribution in [2.24, 2.45) is 0 Å². The number of amides is 1. The molecule has 0 fully saturated rings. The summed E-state index contributed by atoms with van der Waals surface area (Å²) in [6.45, 7) is 0. The van der Waals surface area contributed by atoms with Crippen LogP contribution < -0.4 is 11.1 Å². The molecule has 0 radical (unpaired) electrons. The number of carbonyl (C=O) groups excluding carboxylic acids is 1. The Morgan fingerprint density at radius 2 is 1.94 bits per heavy atom. The topological polar surface area (TPSA) is 55.1 Å². The molecule has 0 aliphatic heterocycles. The van der Waals surface area contributed by atoms with Crippen molar-refractivity contribution in [1.29, 1.82) is 0 Å². The van der Waals surface area contributed by atoms with E-state index in [-0.39, 0.29) is 5.91 Å². The van der Waals surface area contributed by atoms with Crippen molar-refractivity contribution in [3.8, 4) is 0 Å². The normalized spacial score (nSPS) is 10.1. The molecule has 1 amide bonds. The van der Waals surface area contributed by atoms with Crippen molar-refractivity contribution in [3.05, 3.63) is 57.5 Å². The van der Waals surface area contributed by atoms with Crippen molar-refractivity contribution in [2.75, 3.05) is 11.1 Å². The first kappa shape index (κ1) is 12.9. The number of halogens is 2. The van der Waals surface area contributed by atoms with E-state index in [1.807, 2.05) is 18.2 Å². The van der Waals surface area contributed by atoms with E-state index in [1.165, 1.54) is 0 Å². The average molecular weight is 326 g/mol. The maximum absolute atomic E-state index is 12.1. The maximum Gasteiger partial charge on any atom is 0.257 e. The fraction of sp³-hybridized carbons (Fsp3) is 0. The molecule has 92 valence electrons. The van der Waals surface area contributed by atoms with Crippen LogP contribution in [0.3, 0.4) is 0 Å². The Hall–Kier alpha value is -1.52. The van der Waals surface area contributed by atoms with Gasteiger partial charge in [0, 0.05) is 10.2 Å². The van der Waals surface area contributed by atoms with Gasteiger partial charge in [-0.25, -0.2) is 0 Å². The van der Waals surface area contributed by atoms with E-state index in [4.69, 9.17) is 17.3 Å². The monoisotopic (exact) mass is 324 g/mol. The Morgan fingerprint density at radius 1 is 1.22 bits per heavy atom. The van der Waals surface area contributed by atoms with Gasteiger partial charge in [0.2, 0.25) is 0 Å². The summed E-state index contributed by atoms with van der Waals surface area (Å²) in [6.07, 6.45) is 0. The van der Waals surface area contributed by atoms with Crippen LogP contribution in [0.15, 0.2) is 46.9 Å². The highest BCUT2D eigenvalue weighted by Gasteiger charge is 2.12. The van der Waals surface area contributed by atoms with Gasteiger partial charge in [0.1, 0.15) is 0 Å². The number of hydrogen-bond donors (Lipinski definition) is 2. The lowest BCUT2D eigenvalue weighted by molar-refractivity contribution is 0.102. The molecule has 0 saturated carbocycles. The number of rotatable bonds is 2. The van der Waals surface area contributed by atoms with E-state index in [0.717, 1.165) is 4.47 Å². The number of hydrogen-bond acceptors (Lipinski definition) is 2. The predicted molar refractivity (Wildman–Crippen MR) is 78.0 cm³/mol. The summed E-state index contributed by atoms with van der Waals surface area (Å²) < 4.78 is 0.804. The minimum Gasteiger partial charge on any atom is -0.399 e. The highest BCUT2D eigenvalue weighted by Crippen LogP contribution is 2.24. The summed E-state index contributed by atoms with van der Waals surface area (Å²) in [5, 5.41) is 3.14. The number of carbonyl (C=O) groups is 1.